The van der Waals surface area contributed by atoms with E-state index in [0.29, 0.717) is 13.2 Å². The summed E-state index contributed by atoms with van der Waals surface area (Å²) in [5.74, 6) is 0.942. The maximum atomic E-state index is 6.00. The number of benzene rings is 1. The number of rotatable bonds is 4. The van der Waals surface area contributed by atoms with Crippen molar-refractivity contribution in [2.75, 3.05) is 19.8 Å². The van der Waals surface area contributed by atoms with Gasteiger partial charge in [0.2, 0.25) is 0 Å². The molecule has 1 heterocycles. The SMILES string of the molecule is NCC1(c2ccc(OC3COC3)cc2)CCCC1. The Hall–Kier alpha value is -1.06. The standard InChI is InChI=1S/C15H21NO2/c16-11-15(7-1-2-8-15)12-3-5-13(6-4-12)18-14-9-17-10-14/h3-6,14H,1-2,7-11,16H2. The molecule has 98 valence electrons. The molecule has 1 aliphatic heterocycles. The lowest BCUT2D eigenvalue weighted by molar-refractivity contribution is -0.0796. The fraction of sp³-hybridized carbons (Fsp3) is 0.600. The van der Waals surface area contributed by atoms with Crippen LogP contribution in [0.25, 0.3) is 0 Å². The Balaban J connectivity index is 1.73. The lowest BCUT2D eigenvalue weighted by Gasteiger charge is -2.29. The first-order valence-corrected chi connectivity index (χ1v) is 6.87. The summed E-state index contributed by atoms with van der Waals surface area (Å²) in [5, 5.41) is 0. The van der Waals surface area contributed by atoms with E-state index in [1.165, 1.54) is 31.2 Å². The number of ether oxygens (including phenoxy) is 2. The zero-order valence-electron chi connectivity index (χ0n) is 10.7. The lowest BCUT2D eigenvalue weighted by Crippen LogP contribution is -2.38. The predicted octanol–water partition coefficient (Wildman–Crippen LogP) is 2.23. The van der Waals surface area contributed by atoms with E-state index in [-0.39, 0.29) is 11.5 Å². The molecule has 0 aromatic heterocycles. The van der Waals surface area contributed by atoms with E-state index in [1.54, 1.807) is 0 Å². The van der Waals surface area contributed by atoms with Crippen LogP contribution in [0.3, 0.4) is 0 Å². The second kappa shape index (κ2) is 4.90. The fourth-order valence-corrected chi connectivity index (χ4v) is 3.02. The highest BCUT2D eigenvalue weighted by atomic mass is 16.6. The van der Waals surface area contributed by atoms with Gasteiger partial charge in [-0.1, -0.05) is 25.0 Å². The molecule has 18 heavy (non-hydrogen) atoms. The molecule has 0 unspecified atom stereocenters. The summed E-state index contributed by atoms with van der Waals surface area (Å²) in [7, 11) is 0. The van der Waals surface area contributed by atoms with Crippen molar-refractivity contribution in [3.05, 3.63) is 29.8 Å². The number of hydrogen-bond donors (Lipinski definition) is 1. The molecule has 1 aliphatic carbocycles. The van der Waals surface area contributed by atoms with E-state index in [9.17, 15) is 0 Å². The first-order valence-electron chi connectivity index (χ1n) is 6.87. The van der Waals surface area contributed by atoms with Crippen molar-refractivity contribution in [3.63, 3.8) is 0 Å². The highest BCUT2D eigenvalue weighted by Gasteiger charge is 2.34. The van der Waals surface area contributed by atoms with Gasteiger partial charge in [-0.15, -0.1) is 0 Å². The van der Waals surface area contributed by atoms with E-state index < -0.39 is 0 Å². The summed E-state index contributed by atoms with van der Waals surface area (Å²) in [6, 6.07) is 8.52. The zero-order chi connectivity index (χ0) is 12.4. The second-order valence-electron chi connectivity index (χ2n) is 5.49. The van der Waals surface area contributed by atoms with Crippen molar-refractivity contribution in [3.8, 4) is 5.75 Å². The predicted molar refractivity (Wildman–Crippen MR) is 70.9 cm³/mol. The molecule has 1 saturated heterocycles. The van der Waals surface area contributed by atoms with Crippen LogP contribution in [0.5, 0.6) is 5.75 Å². The van der Waals surface area contributed by atoms with E-state index in [4.69, 9.17) is 15.2 Å². The van der Waals surface area contributed by atoms with Gasteiger partial charge in [0.15, 0.2) is 0 Å². The molecule has 1 saturated carbocycles. The third-order valence-corrected chi connectivity index (χ3v) is 4.33. The van der Waals surface area contributed by atoms with Gasteiger partial charge in [-0.05, 0) is 30.5 Å². The minimum atomic E-state index is 0.220. The molecule has 1 aromatic carbocycles. The maximum Gasteiger partial charge on any atom is 0.145 e. The Kier molecular flexibility index (Phi) is 3.27. The van der Waals surface area contributed by atoms with Crippen LogP contribution in [0.2, 0.25) is 0 Å². The third-order valence-electron chi connectivity index (χ3n) is 4.33. The van der Waals surface area contributed by atoms with Crippen LogP contribution < -0.4 is 10.5 Å². The molecule has 2 fully saturated rings. The second-order valence-corrected chi connectivity index (χ2v) is 5.49. The van der Waals surface area contributed by atoms with Crippen LogP contribution in [0, 0.1) is 0 Å². The normalized spacial score (nSPS) is 22.7. The van der Waals surface area contributed by atoms with Crippen LogP contribution in [-0.4, -0.2) is 25.9 Å². The Bertz CT molecular complexity index is 391. The Morgan fingerprint density at radius 1 is 1.17 bits per heavy atom. The fourth-order valence-electron chi connectivity index (χ4n) is 3.02. The van der Waals surface area contributed by atoms with E-state index in [0.717, 1.165) is 12.3 Å². The Morgan fingerprint density at radius 2 is 1.83 bits per heavy atom. The summed E-state index contributed by atoms with van der Waals surface area (Å²) in [5.41, 5.74) is 7.60. The van der Waals surface area contributed by atoms with Gasteiger partial charge in [-0.2, -0.15) is 0 Å². The van der Waals surface area contributed by atoms with Gasteiger partial charge in [0.1, 0.15) is 11.9 Å². The average Bonchev–Trinajstić information content (AvgIpc) is 2.84. The summed E-state index contributed by atoms with van der Waals surface area (Å²) < 4.78 is 10.9. The van der Waals surface area contributed by atoms with Crippen LogP contribution in [0.15, 0.2) is 24.3 Å². The Morgan fingerprint density at radius 3 is 2.33 bits per heavy atom. The number of nitrogens with two attached hydrogens (primary N) is 1. The van der Waals surface area contributed by atoms with Crippen molar-refractivity contribution in [2.45, 2.75) is 37.2 Å². The van der Waals surface area contributed by atoms with E-state index in [1.807, 2.05) is 0 Å². The van der Waals surface area contributed by atoms with Gasteiger partial charge in [0, 0.05) is 12.0 Å². The maximum absolute atomic E-state index is 6.00. The Labute approximate surface area is 108 Å². The topological polar surface area (TPSA) is 44.5 Å². The molecule has 3 nitrogen and oxygen atoms in total. The van der Waals surface area contributed by atoms with Gasteiger partial charge < -0.3 is 15.2 Å². The minimum Gasteiger partial charge on any atom is -0.486 e. The summed E-state index contributed by atoms with van der Waals surface area (Å²) in [4.78, 5) is 0. The molecule has 2 aliphatic rings. The number of hydrogen-bond acceptors (Lipinski definition) is 3. The monoisotopic (exact) mass is 247 g/mol. The molecule has 2 N–H and O–H groups in total. The van der Waals surface area contributed by atoms with Crippen molar-refractivity contribution in [1.29, 1.82) is 0 Å². The first-order chi connectivity index (χ1) is 8.82. The molecule has 0 amide bonds. The molecule has 0 atom stereocenters. The van der Waals surface area contributed by atoms with Crippen LogP contribution in [-0.2, 0) is 10.2 Å². The van der Waals surface area contributed by atoms with Crippen molar-refractivity contribution < 1.29 is 9.47 Å². The van der Waals surface area contributed by atoms with Crippen LogP contribution in [0.4, 0.5) is 0 Å². The quantitative estimate of drug-likeness (QED) is 0.887. The van der Waals surface area contributed by atoms with Gasteiger partial charge in [0.25, 0.3) is 0 Å². The third kappa shape index (κ3) is 2.13. The lowest BCUT2D eigenvalue weighted by atomic mass is 9.79. The summed E-state index contributed by atoms with van der Waals surface area (Å²) in [6.45, 7) is 2.19. The van der Waals surface area contributed by atoms with Gasteiger partial charge in [-0.25, -0.2) is 0 Å². The molecule has 0 spiro atoms. The van der Waals surface area contributed by atoms with Crippen molar-refractivity contribution >= 4 is 0 Å². The van der Waals surface area contributed by atoms with E-state index in [2.05, 4.69) is 24.3 Å². The van der Waals surface area contributed by atoms with Gasteiger partial charge >= 0.3 is 0 Å². The molecule has 3 heteroatoms. The molecular weight excluding hydrogens is 226 g/mol. The summed E-state index contributed by atoms with van der Waals surface area (Å²) in [6.07, 6.45) is 5.29. The minimum absolute atomic E-state index is 0.220. The van der Waals surface area contributed by atoms with Gasteiger partial charge in [-0.3, -0.25) is 0 Å². The average molecular weight is 247 g/mol. The van der Waals surface area contributed by atoms with E-state index >= 15 is 0 Å². The van der Waals surface area contributed by atoms with Crippen molar-refractivity contribution in [2.24, 2.45) is 5.73 Å². The van der Waals surface area contributed by atoms with Crippen LogP contribution in [0.1, 0.15) is 31.2 Å². The van der Waals surface area contributed by atoms with Crippen LogP contribution >= 0.6 is 0 Å². The smallest absolute Gasteiger partial charge is 0.145 e. The molecule has 0 radical (unpaired) electrons. The first kappa shape index (κ1) is 12.0. The summed E-state index contributed by atoms with van der Waals surface area (Å²) >= 11 is 0. The highest BCUT2D eigenvalue weighted by Crippen LogP contribution is 2.40. The molecule has 0 bridgehead atoms. The zero-order valence-corrected chi connectivity index (χ0v) is 10.7. The largest absolute Gasteiger partial charge is 0.486 e. The molecular formula is C15H21NO2. The molecule has 1 aromatic rings. The highest BCUT2D eigenvalue weighted by molar-refractivity contribution is 5.33. The van der Waals surface area contributed by atoms with Crippen molar-refractivity contribution in [1.82, 2.24) is 0 Å². The van der Waals surface area contributed by atoms with Gasteiger partial charge in [0.05, 0.1) is 13.2 Å². The molecule has 3 rings (SSSR count).